The van der Waals surface area contributed by atoms with Crippen molar-refractivity contribution in [2.24, 2.45) is 11.7 Å². The lowest BCUT2D eigenvalue weighted by atomic mass is 9.92. The van der Waals surface area contributed by atoms with Gasteiger partial charge in [0.15, 0.2) is 0 Å². The molecule has 3 rings (SSSR count). The van der Waals surface area contributed by atoms with Gasteiger partial charge in [0.1, 0.15) is 5.84 Å². The van der Waals surface area contributed by atoms with E-state index in [-0.39, 0.29) is 11.7 Å². The number of pyridine rings is 1. The van der Waals surface area contributed by atoms with Gasteiger partial charge in [-0.15, -0.1) is 0 Å². The number of carbonyl (C=O) groups excluding carboxylic acids is 2. The zero-order valence-corrected chi connectivity index (χ0v) is 18.5. The van der Waals surface area contributed by atoms with E-state index in [0.717, 1.165) is 21.4 Å². The van der Waals surface area contributed by atoms with E-state index in [1.54, 1.807) is 49.4 Å². The van der Waals surface area contributed by atoms with E-state index in [1.165, 1.54) is 19.5 Å². The molecule has 170 valence electrons. The maximum absolute atomic E-state index is 12.8. The quantitative estimate of drug-likeness (QED) is 0.138. The standard InChI is InChI=1S/C25H26N4O4/c1-16(22(25(31)33-2)15-17-4-3-5-21(14-17)23(26)27)28-24(30)20-8-6-18(7-9-20)19-10-12-29(32)13-11-19/h3-14,16,22H,15H2,1-2H3,(H4-,26,27,28,30,32)/p+1/t16-,22?/m1/s1. The van der Waals surface area contributed by atoms with Gasteiger partial charge >= 0.3 is 5.97 Å². The molecule has 2 atom stereocenters. The number of nitrogens with one attached hydrogen (secondary N) is 2. The van der Waals surface area contributed by atoms with E-state index < -0.39 is 17.9 Å². The number of rotatable bonds is 8. The molecule has 3 aromatic rings. The van der Waals surface area contributed by atoms with Crippen molar-refractivity contribution in [1.29, 1.82) is 5.41 Å². The number of benzene rings is 2. The van der Waals surface area contributed by atoms with Crippen molar-refractivity contribution >= 4 is 17.7 Å². The SMILES string of the molecule is COC(=O)C(Cc1cccc(C(=N)N)c1)[C@@H](C)NC(=O)c1ccc(-c2cc[n+](O)cc2)cc1. The summed E-state index contributed by atoms with van der Waals surface area (Å²) in [6.07, 6.45) is 3.38. The number of amidine groups is 1. The monoisotopic (exact) mass is 447 g/mol. The highest BCUT2D eigenvalue weighted by molar-refractivity contribution is 5.95. The van der Waals surface area contributed by atoms with Gasteiger partial charge in [0.05, 0.1) is 13.0 Å². The van der Waals surface area contributed by atoms with E-state index in [9.17, 15) is 14.8 Å². The van der Waals surface area contributed by atoms with Gasteiger partial charge in [0.2, 0.25) is 12.4 Å². The van der Waals surface area contributed by atoms with Crippen LogP contribution in [0.25, 0.3) is 11.1 Å². The normalized spacial score (nSPS) is 12.4. The number of nitrogens with zero attached hydrogens (tertiary/aromatic N) is 1. The highest BCUT2D eigenvalue weighted by Crippen LogP contribution is 2.20. The molecule has 0 aliphatic carbocycles. The predicted octanol–water partition coefficient (Wildman–Crippen LogP) is 2.31. The van der Waals surface area contributed by atoms with Crippen LogP contribution in [0.5, 0.6) is 0 Å². The number of aromatic nitrogens is 1. The number of amides is 1. The third kappa shape index (κ3) is 5.94. The minimum absolute atomic E-state index is 0.0534. The molecule has 2 aromatic carbocycles. The fraction of sp³-hybridized carbons (Fsp3) is 0.200. The zero-order chi connectivity index (χ0) is 24.0. The Morgan fingerprint density at radius 1 is 1.06 bits per heavy atom. The molecule has 1 heterocycles. The summed E-state index contributed by atoms with van der Waals surface area (Å²) in [5.41, 5.74) is 9.21. The van der Waals surface area contributed by atoms with Crippen LogP contribution in [-0.2, 0) is 16.0 Å². The number of nitrogens with two attached hydrogens (primary N) is 1. The van der Waals surface area contributed by atoms with Gasteiger partial charge in [-0.05, 0) is 48.2 Å². The van der Waals surface area contributed by atoms with Crippen LogP contribution in [0, 0.1) is 11.3 Å². The number of ether oxygens (including phenoxy) is 1. The molecule has 0 aliphatic heterocycles. The maximum Gasteiger partial charge on any atom is 0.311 e. The molecule has 8 heteroatoms. The maximum atomic E-state index is 12.8. The topological polar surface area (TPSA) is 129 Å². The first-order valence-corrected chi connectivity index (χ1v) is 10.4. The summed E-state index contributed by atoms with van der Waals surface area (Å²) in [5.74, 6) is -1.41. The molecule has 1 amide bonds. The molecule has 1 aromatic heterocycles. The van der Waals surface area contributed by atoms with E-state index in [0.29, 0.717) is 17.5 Å². The van der Waals surface area contributed by atoms with Gasteiger partial charge < -0.3 is 15.8 Å². The lowest BCUT2D eigenvalue weighted by molar-refractivity contribution is -0.904. The molecule has 1 unspecified atom stereocenters. The highest BCUT2D eigenvalue weighted by Gasteiger charge is 2.28. The van der Waals surface area contributed by atoms with Crippen molar-refractivity contribution in [3.05, 3.63) is 89.7 Å². The Hall–Kier alpha value is -4.20. The van der Waals surface area contributed by atoms with Gasteiger partial charge in [-0.3, -0.25) is 20.2 Å². The first-order chi connectivity index (χ1) is 15.8. The molecule has 0 fully saturated rings. The first kappa shape index (κ1) is 23.5. The second-order valence-electron chi connectivity index (χ2n) is 7.75. The summed E-state index contributed by atoms with van der Waals surface area (Å²) in [4.78, 5) is 25.3. The zero-order valence-electron chi connectivity index (χ0n) is 18.5. The molecule has 8 nitrogen and oxygen atoms in total. The number of hydrogen-bond donors (Lipinski definition) is 4. The average molecular weight is 448 g/mol. The minimum atomic E-state index is -0.616. The summed E-state index contributed by atoms with van der Waals surface area (Å²) < 4.78 is 5.93. The van der Waals surface area contributed by atoms with Crippen molar-refractivity contribution in [3.63, 3.8) is 0 Å². The first-order valence-electron chi connectivity index (χ1n) is 10.4. The second-order valence-corrected chi connectivity index (χ2v) is 7.75. The number of nitrogen functional groups attached to an aromatic ring is 1. The molecule has 0 bridgehead atoms. The molecular weight excluding hydrogens is 420 g/mol. The summed E-state index contributed by atoms with van der Waals surface area (Å²) in [7, 11) is 1.32. The lowest BCUT2D eigenvalue weighted by Crippen LogP contribution is -2.42. The van der Waals surface area contributed by atoms with Crippen molar-refractivity contribution in [3.8, 4) is 11.1 Å². The average Bonchev–Trinajstić information content (AvgIpc) is 2.82. The van der Waals surface area contributed by atoms with Gasteiger partial charge in [-0.25, -0.2) is 0 Å². The molecule has 0 saturated heterocycles. The van der Waals surface area contributed by atoms with Crippen molar-refractivity contribution in [1.82, 2.24) is 5.32 Å². The summed E-state index contributed by atoms with van der Waals surface area (Å²) >= 11 is 0. The van der Waals surface area contributed by atoms with Crippen LogP contribution in [0.2, 0.25) is 0 Å². The van der Waals surface area contributed by atoms with Crippen molar-refractivity contribution in [2.75, 3.05) is 7.11 Å². The van der Waals surface area contributed by atoms with Crippen LogP contribution < -0.4 is 15.8 Å². The Labute approximate surface area is 192 Å². The highest BCUT2D eigenvalue weighted by atomic mass is 16.5. The van der Waals surface area contributed by atoms with E-state index in [1.807, 2.05) is 18.2 Å². The van der Waals surface area contributed by atoms with Crippen LogP contribution in [0.4, 0.5) is 0 Å². The minimum Gasteiger partial charge on any atom is -0.469 e. The van der Waals surface area contributed by atoms with E-state index >= 15 is 0 Å². The molecule has 0 aliphatic rings. The summed E-state index contributed by atoms with van der Waals surface area (Å²) in [5, 5.41) is 19.8. The smallest absolute Gasteiger partial charge is 0.311 e. The molecule has 0 spiro atoms. The van der Waals surface area contributed by atoms with E-state index in [2.05, 4.69) is 5.32 Å². The lowest BCUT2D eigenvalue weighted by Gasteiger charge is -2.23. The number of carbonyl (C=O) groups is 2. The van der Waals surface area contributed by atoms with Crippen LogP contribution in [0.1, 0.15) is 28.4 Å². The molecule has 0 saturated carbocycles. The molecular formula is C25H27N4O4+. The predicted molar refractivity (Wildman–Crippen MR) is 123 cm³/mol. The Bertz CT molecular complexity index is 1140. The number of esters is 1. The van der Waals surface area contributed by atoms with Gasteiger partial charge in [-0.2, -0.15) is 0 Å². The van der Waals surface area contributed by atoms with Crippen molar-refractivity contribution in [2.45, 2.75) is 19.4 Å². The Morgan fingerprint density at radius 3 is 2.30 bits per heavy atom. The fourth-order valence-corrected chi connectivity index (χ4v) is 3.55. The number of hydrogen-bond acceptors (Lipinski definition) is 5. The molecule has 5 N–H and O–H groups in total. The van der Waals surface area contributed by atoms with Crippen LogP contribution >= 0.6 is 0 Å². The Kier molecular flexibility index (Phi) is 7.40. The van der Waals surface area contributed by atoms with Crippen LogP contribution in [0.3, 0.4) is 0 Å². The summed E-state index contributed by atoms with van der Waals surface area (Å²) in [6, 6.07) is 17.2. The van der Waals surface area contributed by atoms with Gasteiger partial charge in [0.25, 0.3) is 5.91 Å². The fourth-order valence-electron chi connectivity index (χ4n) is 3.55. The van der Waals surface area contributed by atoms with Crippen molar-refractivity contribution < 1.29 is 24.3 Å². The third-order valence-electron chi connectivity index (χ3n) is 5.45. The van der Waals surface area contributed by atoms with Gasteiger partial charge in [0, 0.05) is 34.0 Å². The third-order valence-corrected chi connectivity index (χ3v) is 5.45. The van der Waals surface area contributed by atoms with E-state index in [4.69, 9.17) is 15.9 Å². The largest absolute Gasteiger partial charge is 0.469 e. The molecule has 0 radical (unpaired) electrons. The van der Waals surface area contributed by atoms with Crippen LogP contribution in [-0.4, -0.2) is 36.1 Å². The van der Waals surface area contributed by atoms with Crippen LogP contribution in [0.15, 0.2) is 73.1 Å². The molecule has 33 heavy (non-hydrogen) atoms. The summed E-state index contributed by atoms with van der Waals surface area (Å²) in [6.45, 7) is 1.76. The number of methoxy groups -OCH3 is 1. The second kappa shape index (κ2) is 10.4. The Balaban J connectivity index is 1.72. The van der Waals surface area contributed by atoms with Gasteiger partial charge in [-0.1, -0.05) is 30.3 Å². The Morgan fingerprint density at radius 2 is 1.70 bits per heavy atom.